The largest absolute Gasteiger partial charge is 0.466 e. The van der Waals surface area contributed by atoms with Crippen molar-refractivity contribution in [2.75, 3.05) is 6.61 Å². The Morgan fingerprint density at radius 3 is 2.80 bits per heavy atom. The van der Waals surface area contributed by atoms with E-state index in [1.807, 2.05) is 23.6 Å². The van der Waals surface area contributed by atoms with Gasteiger partial charge in [0.25, 0.3) is 0 Å². The van der Waals surface area contributed by atoms with Crippen molar-refractivity contribution >= 4 is 34.4 Å². The van der Waals surface area contributed by atoms with Gasteiger partial charge < -0.3 is 4.74 Å². The molecule has 0 aromatic carbocycles. The summed E-state index contributed by atoms with van der Waals surface area (Å²) >= 11 is 2.28. The molecule has 0 bridgehead atoms. The fraction of sp³-hybridized carbons (Fsp3) is 0.556. The van der Waals surface area contributed by atoms with Gasteiger partial charge in [0.15, 0.2) is 0 Å². The summed E-state index contributed by atoms with van der Waals surface area (Å²) in [5.74, 6) is 0.252. The molecule has 0 spiro atoms. The van der Waals surface area contributed by atoms with Crippen LogP contribution in [-0.2, 0) is 9.53 Å². The zero-order valence-corrected chi connectivity index (χ0v) is 11.7. The van der Waals surface area contributed by atoms with E-state index in [1.54, 1.807) is 6.20 Å². The number of halogens is 1. The summed E-state index contributed by atoms with van der Waals surface area (Å²) in [6, 6.07) is 1.92. The summed E-state index contributed by atoms with van der Waals surface area (Å²) in [6.45, 7) is 2.36. The first-order chi connectivity index (χ1) is 7.27. The van der Waals surface area contributed by atoms with Crippen LogP contribution in [0.5, 0.6) is 0 Å². The van der Waals surface area contributed by atoms with Crippen LogP contribution in [0.2, 0.25) is 0 Å². The first kappa shape index (κ1) is 12.9. The number of esters is 1. The number of hydrogen-bond donors (Lipinski definition) is 0. The third-order valence-electron chi connectivity index (χ3n) is 1.79. The molecule has 1 saturated carbocycles. The van der Waals surface area contributed by atoms with Crippen LogP contribution in [0.1, 0.15) is 19.8 Å². The molecule has 1 unspecified atom stereocenters. The standard InChI is InChI=1S/C6H10O2.C3H4IN2P/c1-2-8-6(7)5-3-4-5;4-7-6-3-1-2-5-6/h5H,2-4H2,1H3;1-3,7H. The van der Waals surface area contributed by atoms with Gasteiger partial charge in [-0.3, -0.25) is 4.79 Å². The van der Waals surface area contributed by atoms with Crippen LogP contribution in [0.25, 0.3) is 0 Å². The van der Waals surface area contributed by atoms with Gasteiger partial charge in [-0.05, 0) is 47.9 Å². The smallest absolute Gasteiger partial charge is 0.308 e. The Bertz CT molecular complexity index is 288. The summed E-state index contributed by atoms with van der Waals surface area (Å²) in [4.78, 5) is 10.6. The minimum atomic E-state index is -0.00694. The van der Waals surface area contributed by atoms with E-state index in [4.69, 9.17) is 4.74 Å². The molecule has 0 radical (unpaired) electrons. The molecule has 1 aliphatic carbocycles. The highest BCUT2D eigenvalue weighted by Gasteiger charge is 2.30. The van der Waals surface area contributed by atoms with Gasteiger partial charge in [-0.15, -0.1) is 0 Å². The van der Waals surface area contributed by atoms with Crippen LogP contribution in [0, 0.1) is 5.92 Å². The second-order valence-corrected chi connectivity index (χ2v) is 5.14. The monoisotopic (exact) mass is 340 g/mol. The Morgan fingerprint density at radius 1 is 1.73 bits per heavy atom. The number of rotatable bonds is 3. The molecule has 0 N–H and O–H groups in total. The normalized spacial score (nSPS) is 14.8. The van der Waals surface area contributed by atoms with Crippen molar-refractivity contribution < 1.29 is 9.53 Å². The van der Waals surface area contributed by atoms with E-state index in [2.05, 4.69) is 27.1 Å². The average Bonchev–Trinajstić information content (AvgIpc) is 2.96. The first-order valence-corrected chi connectivity index (χ1v) is 8.87. The molecule has 0 saturated heterocycles. The van der Waals surface area contributed by atoms with Crippen molar-refractivity contribution in [3.8, 4) is 0 Å². The minimum absolute atomic E-state index is 0.00694. The van der Waals surface area contributed by atoms with Crippen molar-refractivity contribution in [3.05, 3.63) is 18.5 Å². The Labute approximate surface area is 104 Å². The number of hydrogen-bond acceptors (Lipinski definition) is 3. The fourth-order valence-electron chi connectivity index (χ4n) is 0.898. The first-order valence-electron chi connectivity index (χ1n) is 4.80. The summed E-state index contributed by atoms with van der Waals surface area (Å²) in [5.41, 5.74) is 0. The quantitative estimate of drug-likeness (QED) is 0.483. The van der Waals surface area contributed by atoms with Crippen LogP contribution in [0.3, 0.4) is 0 Å². The number of carbonyl (C=O) groups excluding carboxylic acids is 1. The molecule has 4 nitrogen and oxygen atoms in total. The summed E-state index contributed by atoms with van der Waals surface area (Å²) < 4.78 is 6.62. The number of nitrogens with zero attached hydrogens (tertiary/aromatic N) is 2. The lowest BCUT2D eigenvalue weighted by Crippen LogP contribution is -2.04. The van der Waals surface area contributed by atoms with Crippen LogP contribution >= 0.6 is 28.4 Å². The van der Waals surface area contributed by atoms with Gasteiger partial charge in [-0.25, -0.2) is 4.45 Å². The van der Waals surface area contributed by atoms with Crippen LogP contribution in [-0.4, -0.2) is 22.1 Å². The Balaban J connectivity index is 0.000000151. The maximum absolute atomic E-state index is 10.6. The van der Waals surface area contributed by atoms with Crippen molar-refractivity contribution in [1.82, 2.24) is 9.55 Å². The van der Waals surface area contributed by atoms with Crippen molar-refractivity contribution in [2.24, 2.45) is 5.92 Å². The van der Waals surface area contributed by atoms with Gasteiger partial charge in [0, 0.05) is 12.4 Å². The maximum Gasteiger partial charge on any atom is 0.308 e. The van der Waals surface area contributed by atoms with E-state index in [0.29, 0.717) is 6.61 Å². The lowest BCUT2D eigenvalue weighted by atomic mass is 10.4. The summed E-state index contributed by atoms with van der Waals surface area (Å²) in [5, 5.41) is 3.96. The van der Waals surface area contributed by atoms with Crippen molar-refractivity contribution in [3.63, 3.8) is 0 Å². The molecule has 1 aromatic rings. The van der Waals surface area contributed by atoms with E-state index in [9.17, 15) is 4.79 Å². The molecule has 6 heteroatoms. The summed E-state index contributed by atoms with van der Waals surface area (Å²) in [7, 11) is 0. The molecule has 15 heavy (non-hydrogen) atoms. The zero-order valence-electron chi connectivity index (χ0n) is 8.52. The second kappa shape index (κ2) is 7.17. The molecule has 1 aromatic heterocycles. The van der Waals surface area contributed by atoms with E-state index < -0.39 is 0 Å². The maximum atomic E-state index is 10.6. The van der Waals surface area contributed by atoms with E-state index in [0.717, 1.165) is 19.2 Å². The lowest BCUT2D eigenvalue weighted by Gasteiger charge is -1.95. The molecule has 0 aliphatic heterocycles. The predicted molar refractivity (Wildman–Crippen MR) is 69.3 cm³/mol. The molecule has 1 heterocycles. The highest BCUT2D eigenvalue weighted by Crippen LogP contribution is 2.29. The average molecular weight is 340 g/mol. The Morgan fingerprint density at radius 2 is 2.47 bits per heavy atom. The fourth-order valence-corrected chi connectivity index (χ4v) is 2.01. The van der Waals surface area contributed by atoms with Gasteiger partial charge in [-0.1, -0.05) is 0 Å². The number of ether oxygens (including phenoxy) is 1. The molecular formula is C9H14IN2O2P. The predicted octanol–water partition coefficient (Wildman–Crippen LogP) is 2.63. The van der Waals surface area contributed by atoms with Crippen LogP contribution in [0.15, 0.2) is 18.5 Å². The van der Waals surface area contributed by atoms with E-state index >= 15 is 0 Å². The Hall–Kier alpha value is -0.160. The van der Waals surface area contributed by atoms with Crippen LogP contribution in [0.4, 0.5) is 0 Å². The molecule has 1 aliphatic rings. The topological polar surface area (TPSA) is 44.1 Å². The highest BCUT2D eigenvalue weighted by atomic mass is 127. The molecular weight excluding hydrogens is 326 g/mol. The number of aromatic nitrogens is 2. The van der Waals surface area contributed by atoms with Crippen molar-refractivity contribution in [1.29, 1.82) is 0 Å². The van der Waals surface area contributed by atoms with E-state index in [-0.39, 0.29) is 11.9 Å². The molecule has 1 atom stereocenters. The van der Waals surface area contributed by atoms with Gasteiger partial charge in [0.2, 0.25) is 0 Å². The molecule has 2 rings (SSSR count). The molecule has 0 amide bonds. The SMILES string of the molecule is CCOC(=O)C1CC1.IPn1cccn1. The Kier molecular flexibility index (Phi) is 6.17. The lowest BCUT2D eigenvalue weighted by molar-refractivity contribution is -0.144. The van der Waals surface area contributed by atoms with Gasteiger partial charge in [0.05, 0.1) is 18.9 Å². The minimum Gasteiger partial charge on any atom is -0.466 e. The third-order valence-corrected chi connectivity index (χ3v) is 3.71. The zero-order chi connectivity index (χ0) is 11.1. The van der Waals surface area contributed by atoms with Gasteiger partial charge in [-0.2, -0.15) is 5.10 Å². The summed E-state index contributed by atoms with van der Waals surface area (Å²) in [6.07, 6.45) is 6.54. The van der Waals surface area contributed by atoms with E-state index in [1.165, 1.54) is 0 Å². The highest BCUT2D eigenvalue weighted by molar-refractivity contribution is 14.2. The van der Waals surface area contributed by atoms with Crippen molar-refractivity contribution in [2.45, 2.75) is 19.8 Å². The third kappa shape index (κ3) is 5.47. The molecule has 84 valence electrons. The number of carbonyl (C=O) groups is 1. The van der Waals surface area contributed by atoms with Crippen LogP contribution < -0.4 is 0 Å². The van der Waals surface area contributed by atoms with Gasteiger partial charge in [0.1, 0.15) is 0 Å². The molecule has 1 fully saturated rings. The second-order valence-electron chi connectivity index (χ2n) is 3.06. The van der Waals surface area contributed by atoms with Gasteiger partial charge >= 0.3 is 5.97 Å².